The maximum Gasteiger partial charge on any atom is 0.246 e. The standard InChI is InChI=1S/C17H20FN3O2S.ClH/c1-11-2-3-12(9-14(11)18)8-13-10-20-16(24-13)21-15(22)17(19)4-6-23-7-5-17;/h2-3,9-10H,4-8,19H2,1H3,(H,20,21,22);1H. The first-order valence-electron chi connectivity index (χ1n) is 7.84. The summed E-state index contributed by atoms with van der Waals surface area (Å²) in [7, 11) is 0. The van der Waals surface area contributed by atoms with Gasteiger partial charge in [0, 0.05) is 30.7 Å². The van der Waals surface area contributed by atoms with E-state index in [2.05, 4.69) is 10.3 Å². The van der Waals surface area contributed by atoms with Crippen LogP contribution >= 0.6 is 23.7 Å². The molecule has 0 aliphatic carbocycles. The van der Waals surface area contributed by atoms with Crippen LogP contribution in [0.1, 0.15) is 28.8 Å². The number of thiazole rings is 1. The third kappa shape index (κ3) is 4.76. The largest absolute Gasteiger partial charge is 0.381 e. The van der Waals surface area contributed by atoms with Crippen LogP contribution < -0.4 is 11.1 Å². The summed E-state index contributed by atoms with van der Waals surface area (Å²) in [4.78, 5) is 17.5. The van der Waals surface area contributed by atoms with Crippen LogP contribution in [0.25, 0.3) is 0 Å². The molecule has 2 aromatic rings. The van der Waals surface area contributed by atoms with Gasteiger partial charge in [0.1, 0.15) is 11.4 Å². The number of hydrogen-bond acceptors (Lipinski definition) is 5. The van der Waals surface area contributed by atoms with Crippen LogP contribution in [-0.4, -0.2) is 29.6 Å². The number of rotatable bonds is 4. The number of amides is 1. The molecule has 0 radical (unpaired) electrons. The van der Waals surface area contributed by atoms with Gasteiger partial charge in [-0.3, -0.25) is 4.79 Å². The van der Waals surface area contributed by atoms with E-state index in [4.69, 9.17) is 10.5 Å². The number of ether oxygens (including phenoxy) is 1. The Morgan fingerprint density at radius 1 is 1.44 bits per heavy atom. The van der Waals surface area contributed by atoms with Crippen LogP contribution in [0.3, 0.4) is 0 Å². The minimum absolute atomic E-state index is 0. The highest BCUT2D eigenvalue weighted by Crippen LogP contribution is 2.25. The van der Waals surface area contributed by atoms with Crippen molar-refractivity contribution in [3.63, 3.8) is 0 Å². The highest BCUT2D eigenvalue weighted by molar-refractivity contribution is 7.15. The molecule has 0 spiro atoms. The van der Waals surface area contributed by atoms with E-state index in [1.54, 1.807) is 19.2 Å². The number of nitrogens with one attached hydrogen (secondary N) is 1. The third-order valence-corrected chi connectivity index (χ3v) is 5.14. The van der Waals surface area contributed by atoms with Crippen LogP contribution in [0.2, 0.25) is 0 Å². The Morgan fingerprint density at radius 2 is 2.16 bits per heavy atom. The van der Waals surface area contributed by atoms with Gasteiger partial charge in [-0.05, 0) is 37.0 Å². The Bertz CT molecular complexity index is 747. The summed E-state index contributed by atoms with van der Waals surface area (Å²) in [5, 5.41) is 3.31. The molecule has 5 nitrogen and oxygen atoms in total. The lowest BCUT2D eigenvalue weighted by atomic mass is 9.90. The molecule has 1 aliphatic rings. The van der Waals surface area contributed by atoms with Crippen molar-refractivity contribution in [3.05, 3.63) is 46.2 Å². The summed E-state index contributed by atoms with van der Waals surface area (Å²) in [6, 6.07) is 5.19. The first-order chi connectivity index (χ1) is 11.5. The SMILES string of the molecule is Cc1ccc(Cc2cnc(NC(=O)C3(N)CCOCC3)s2)cc1F.Cl. The molecule has 136 valence electrons. The number of hydrogen-bond donors (Lipinski definition) is 2. The summed E-state index contributed by atoms with van der Waals surface area (Å²) < 4.78 is 18.9. The van der Waals surface area contributed by atoms with Gasteiger partial charge < -0.3 is 15.8 Å². The minimum atomic E-state index is -0.899. The fraction of sp³-hybridized carbons (Fsp3) is 0.412. The molecule has 1 aromatic heterocycles. The fourth-order valence-corrected chi connectivity index (χ4v) is 3.42. The molecule has 3 N–H and O–H groups in total. The molecule has 2 heterocycles. The number of carbonyl (C=O) groups is 1. The molecule has 1 amide bonds. The molecule has 0 bridgehead atoms. The van der Waals surface area contributed by atoms with Crippen molar-refractivity contribution < 1.29 is 13.9 Å². The molecule has 0 atom stereocenters. The number of benzene rings is 1. The van der Waals surface area contributed by atoms with Crippen LogP contribution in [0.4, 0.5) is 9.52 Å². The van der Waals surface area contributed by atoms with Crippen molar-refractivity contribution in [3.8, 4) is 0 Å². The maximum atomic E-state index is 13.6. The van der Waals surface area contributed by atoms with Gasteiger partial charge in [0.05, 0.1) is 0 Å². The summed E-state index contributed by atoms with van der Waals surface area (Å²) >= 11 is 1.38. The molecular formula is C17H21ClFN3O2S. The lowest BCUT2D eigenvalue weighted by molar-refractivity contribution is -0.124. The fourth-order valence-electron chi connectivity index (χ4n) is 2.58. The number of nitrogens with two attached hydrogens (primary N) is 1. The molecule has 3 rings (SSSR count). The van der Waals surface area contributed by atoms with Crippen molar-refractivity contribution in [2.24, 2.45) is 5.73 Å². The smallest absolute Gasteiger partial charge is 0.246 e. The first-order valence-corrected chi connectivity index (χ1v) is 8.66. The van der Waals surface area contributed by atoms with Gasteiger partial charge in [-0.2, -0.15) is 0 Å². The van der Waals surface area contributed by atoms with E-state index in [-0.39, 0.29) is 24.1 Å². The second kappa shape index (κ2) is 8.23. The normalized spacial score (nSPS) is 16.1. The Kier molecular flexibility index (Phi) is 6.51. The molecule has 8 heteroatoms. The summed E-state index contributed by atoms with van der Waals surface area (Å²) in [5.74, 6) is -0.441. The average molecular weight is 386 g/mol. The van der Waals surface area contributed by atoms with E-state index in [0.717, 1.165) is 10.4 Å². The molecule has 0 saturated carbocycles. The van der Waals surface area contributed by atoms with Crippen LogP contribution in [0, 0.1) is 12.7 Å². The van der Waals surface area contributed by atoms with Crippen molar-refractivity contribution in [2.75, 3.05) is 18.5 Å². The van der Waals surface area contributed by atoms with Crippen molar-refractivity contribution in [2.45, 2.75) is 31.7 Å². The number of carbonyl (C=O) groups excluding carboxylic acids is 1. The van der Waals surface area contributed by atoms with Gasteiger partial charge in [0.2, 0.25) is 5.91 Å². The highest BCUT2D eigenvalue weighted by Gasteiger charge is 2.36. The van der Waals surface area contributed by atoms with E-state index in [1.807, 2.05) is 6.07 Å². The Hall–Kier alpha value is -1.54. The average Bonchev–Trinajstić information content (AvgIpc) is 2.99. The van der Waals surface area contributed by atoms with E-state index < -0.39 is 5.54 Å². The van der Waals surface area contributed by atoms with E-state index in [9.17, 15) is 9.18 Å². The summed E-state index contributed by atoms with van der Waals surface area (Å²) in [6.45, 7) is 2.72. The van der Waals surface area contributed by atoms with E-state index in [0.29, 0.717) is 43.2 Å². The molecule has 1 saturated heterocycles. The topological polar surface area (TPSA) is 77.2 Å². The van der Waals surface area contributed by atoms with Crippen molar-refractivity contribution in [1.29, 1.82) is 0 Å². The predicted molar refractivity (Wildman–Crippen MR) is 98.9 cm³/mol. The number of aromatic nitrogens is 1. The summed E-state index contributed by atoms with van der Waals surface area (Å²) in [5.41, 5.74) is 6.76. The van der Waals surface area contributed by atoms with Gasteiger partial charge in [0.25, 0.3) is 0 Å². The number of nitrogens with zero attached hydrogens (tertiary/aromatic N) is 1. The van der Waals surface area contributed by atoms with Gasteiger partial charge in [-0.1, -0.05) is 12.1 Å². The molecule has 1 fully saturated rings. The predicted octanol–water partition coefficient (Wildman–Crippen LogP) is 3.05. The van der Waals surface area contributed by atoms with Crippen molar-refractivity contribution in [1.82, 2.24) is 4.98 Å². The zero-order valence-corrected chi connectivity index (χ0v) is 15.5. The molecular weight excluding hydrogens is 365 g/mol. The van der Waals surface area contributed by atoms with Gasteiger partial charge >= 0.3 is 0 Å². The minimum Gasteiger partial charge on any atom is -0.381 e. The third-order valence-electron chi connectivity index (χ3n) is 4.23. The van der Waals surface area contributed by atoms with E-state index in [1.165, 1.54) is 17.4 Å². The summed E-state index contributed by atoms with van der Waals surface area (Å²) in [6.07, 6.45) is 3.27. The Labute approximate surface area is 156 Å². The second-order valence-corrected chi connectivity index (χ2v) is 7.23. The van der Waals surface area contributed by atoms with Crippen LogP contribution in [-0.2, 0) is 16.0 Å². The zero-order chi connectivity index (χ0) is 17.2. The lowest BCUT2D eigenvalue weighted by Gasteiger charge is -2.31. The number of aryl methyl sites for hydroxylation is 1. The molecule has 25 heavy (non-hydrogen) atoms. The quantitative estimate of drug-likeness (QED) is 0.848. The van der Waals surface area contributed by atoms with E-state index >= 15 is 0 Å². The molecule has 0 unspecified atom stereocenters. The number of halogens is 2. The van der Waals surface area contributed by atoms with Gasteiger partial charge in [-0.25, -0.2) is 9.37 Å². The van der Waals surface area contributed by atoms with Gasteiger partial charge in [0.15, 0.2) is 5.13 Å². The van der Waals surface area contributed by atoms with Crippen LogP contribution in [0.15, 0.2) is 24.4 Å². The Balaban J connectivity index is 0.00000225. The lowest BCUT2D eigenvalue weighted by Crippen LogP contribution is -2.54. The second-order valence-electron chi connectivity index (χ2n) is 6.11. The first kappa shape index (κ1) is 19.8. The Morgan fingerprint density at radius 3 is 2.84 bits per heavy atom. The van der Waals surface area contributed by atoms with Gasteiger partial charge in [-0.15, -0.1) is 23.7 Å². The highest BCUT2D eigenvalue weighted by atomic mass is 35.5. The molecule has 1 aliphatic heterocycles. The van der Waals surface area contributed by atoms with Crippen LogP contribution in [0.5, 0.6) is 0 Å². The number of anilines is 1. The zero-order valence-electron chi connectivity index (χ0n) is 13.9. The molecule has 1 aromatic carbocycles. The maximum absolute atomic E-state index is 13.6. The monoisotopic (exact) mass is 385 g/mol. The van der Waals surface area contributed by atoms with Crippen molar-refractivity contribution >= 4 is 34.8 Å².